The molecule has 28 heavy (non-hydrogen) atoms. The van der Waals surface area contributed by atoms with Crippen LogP contribution in [-0.4, -0.2) is 54.3 Å². The van der Waals surface area contributed by atoms with Gasteiger partial charge in [-0.1, -0.05) is 41.9 Å². The zero-order valence-corrected chi connectivity index (χ0v) is 16.3. The Morgan fingerprint density at radius 1 is 1.04 bits per heavy atom. The molecule has 0 atom stereocenters. The first kappa shape index (κ1) is 20.3. The summed E-state index contributed by atoms with van der Waals surface area (Å²) in [6, 6.07) is 13.9. The number of nitrogens with zero attached hydrogens (tertiary/aromatic N) is 2. The van der Waals surface area contributed by atoms with Crippen LogP contribution in [0.1, 0.15) is 22.3 Å². The van der Waals surface area contributed by atoms with Crippen molar-refractivity contribution in [1.29, 1.82) is 0 Å². The number of carbonyl (C=O) groups excluding carboxylic acids is 2. The fourth-order valence-electron chi connectivity index (χ4n) is 3.21. The van der Waals surface area contributed by atoms with E-state index in [0.717, 1.165) is 25.7 Å². The smallest absolute Gasteiger partial charge is 0.252 e. The van der Waals surface area contributed by atoms with Gasteiger partial charge in [0.15, 0.2) is 0 Å². The number of amides is 2. The van der Waals surface area contributed by atoms with E-state index in [9.17, 15) is 14.0 Å². The van der Waals surface area contributed by atoms with E-state index in [-0.39, 0.29) is 29.5 Å². The fourth-order valence-corrected chi connectivity index (χ4v) is 3.46. The predicted octanol–water partition coefficient (Wildman–Crippen LogP) is 2.94. The van der Waals surface area contributed by atoms with Crippen molar-refractivity contribution in [3.05, 3.63) is 70.5 Å². The second-order valence-electron chi connectivity index (χ2n) is 6.77. The van der Waals surface area contributed by atoms with Gasteiger partial charge in [-0.15, -0.1) is 0 Å². The first-order chi connectivity index (χ1) is 13.5. The van der Waals surface area contributed by atoms with Crippen LogP contribution in [0.4, 0.5) is 4.39 Å². The Morgan fingerprint density at radius 2 is 1.75 bits per heavy atom. The van der Waals surface area contributed by atoms with E-state index < -0.39 is 11.7 Å². The third kappa shape index (κ3) is 5.53. The van der Waals surface area contributed by atoms with Crippen molar-refractivity contribution in [2.45, 2.75) is 13.0 Å². The number of benzene rings is 2. The highest BCUT2D eigenvalue weighted by molar-refractivity contribution is 6.33. The Morgan fingerprint density at radius 3 is 2.43 bits per heavy atom. The average Bonchev–Trinajstić information content (AvgIpc) is 2.69. The van der Waals surface area contributed by atoms with Crippen LogP contribution in [0.2, 0.25) is 5.02 Å². The van der Waals surface area contributed by atoms with E-state index >= 15 is 0 Å². The minimum Gasteiger partial charge on any atom is -0.351 e. The number of hydrogen-bond donors (Lipinski definition) is 1. The third-order valence-corrected chi connectivity index (χ3v) is 5.09. The molecule has 7 heteroatoms. The highest BCUT2D eigenvalue weighted by Crippen LogP contribution is 2.17. The van der Waals surface area contributed by atoms with Gasteiger partial charge in [-0.2, -0.15) is 0 Å². The lowest BCUT2D eigenvalue weighted by molar-refractivity contribution is -0.132. The maximum absolute atomic E-state index is 13.1. The van der Waals surface area contributed by atoms with Gasteiger partial charge in [-0.3, -0.25) is 14.5 Å². The molecule has 0 aliphatic carbocycles. The number of halogens is 2. The lowest BCUT2D eigenvalue weighted by Gasteiger charge is -2.34. The van der Waals surface area contributed by atoms with Crippen LogP contribution in [-0.2, 0) is 11.3 Å². The summed E-state index contributed by atoms with van der Waals surface area (Å²) in [6.07, 6.45) is 0.225. The number of carbonyl (C=O) groups is 2. The molecule has 1 fully saturated rings. The standard InChI is InChI=1S/C21H23ClFN3O2/c22-19-14-17(23)6-7-18(19)21(28)24-9-8-20(27)26-12-10-25(11-13-26)15-16-4-2-1-3-5-16/h1-7,14H,8-13,15H2,(H,24,28). The van der Waals surface area contributed by atoms with Gasteiger partial charge >= 0.3 is 0 Å². The normalized spacial score (nSPS) is 14.7. The molecule has 0 saturated carbocycles. The van der Waals surface area contributed by atoms with Crippen LogP contribution in [0.15, 0.2) is 48.5 Å². The molecule has 0 unspecified atom stereocenters. The van der Waals surface area contributed by atoms with Gasteiger partial charge in [0, 0.05) is 45.7 Å². The Balaban J connectivity index is 1.39. The lowest BCUT2D eigenvalue weighted by Crippen LogP contribution is -2.48. The van der Waals surface area contributed by atoms with E-state index in [1.165, 1.54) is 17.7 Å². The topological polar surface area (TPSA) is 52.7 Å². The fraction of sp³-hybridized carbons (Fsp3) is 0.333. The minimum atomic E-state index is -0.497. The van der Waals surface area contributed by atoms with Gasteiger partial charge in [0.1, 0.15) is 5.82 Å². The molecule has 0 aromatic heterocycles. The molecule has 1 aliphatic heterocycles. The van der Waals surface area contributed by atoms with E-state index in [1.54, 1.807) is 0 Å². The van der Waals surface area contributed by atoms with Crippen molar-refractivity contribution < 1.29 is 14.0 Å². The van der Waals surface area contributed by atoms with Crippen molar-refractivity contribution in [1.82, 2.24) is 15.1 Å². The molecule has 2 aromatic rings. The second-order valence-corrected chi connectivity index (χ2v) is 7.18. The van der Waals surface area contributed by atoms with E-state index in [4.69, 9.17) is 11.6 Å². The highest BCUT2D eigenvalue weighted by Gasteiger charge is 2.21. The Kier molecular flexibility index (Phi) is 7.01. The first-order valence-electron chi connectivity index (χ1n) is 9.30. The molecular weight excluding hydrogens is 381 g/mol. The Bertz CT molecular complexity index is 824. The molecule has 1 N–H and O–H groups in total. The molecule has 1 saturated heterocycles. The highest BCUT2D eigenvalue weighted by atomic mass is 35.5. The van der Waals surface area contributed by atoms with Crippen LogP contribution in [0.5, 0.6) is 0 Å². The largest absolute Gasteiger partial charge is 0.351 e. The number of rotatable bonds is 6. The summed E-state index contributed by atoms with van der Waals surface area (Å²) in [5, 5.41) is 2.72. The van der Waals surface area contributed by atoms with Crippen LogP contribution in [0, 0.1) is 5.82 Å². The SMILES string of the molecule is O=C(NCCC(=O)N1CCN(Cc2ccccc2)CC1)c1ccc(F)cc1Cl. The van der Waals surface area contributed by atoms with Crippen LogP contribution >= 0.6 is 11.6 Å². The first-order valence-corrected chi connectivity index (χ1v) is 9.68. The van der Waals surface area contributed by atoms with Gasteiger partial charge in [0.25, 0.3) is 5.91 Å². The number of nitrogens with one attached hydrogen (secondary N) is 1. The van der Waals surface area contributed by atoms with Gasteiger partial charge in [-0.05, 0) is 23.8 Å². The van der Waals surface area contributed by atoms with E-state index in [2.05, 4.69) is 22.3 Å². The summed E-state index contributed by atoms with van der Waals surface area (Å²) in [5.41, 5.74) is 1.47. The summed E-state index contributed by atoms with van der Waals surface area (Å²) < 4.78 is 13.1. The quantitative estimate of drug-likeness (QED) is 0.806. The van der Waals surface area contributed by atoms with Crippen LogP contribution < -0.4 is 5.32 Å². The lowest BCUT2D eigenvalue weighted by atomic mass is 10.2. The summed E-state index contributed by atoms with van der Waals surface area (Å²) in [4.78, 5) is 28.6. The van der Waals surface area contributed by atoms with Crippen molar-refractivity contribution in [3.8, 4) is 0 Å². The maximum Gasteiger partial charge on any atom is 0.252 e. The monoisotopic (exact) mass is 403 g/mol. The molecule has 148 valence electrons. The Hall–Kier alpha value is -2.44. The number of piperazine rings is 1. The van der Waals surface area contributed by atoms with Crippen LogP contribution in [0.3, 0.4) is 0 Å². The van der Waals surface area contributed by atoms with Gasteiger partial charge in [0.05, 0.1) is 10.6 Å². The van der Waals surface area contributed by atoms with Gasteiger partial charge in [0.2, 0.25) is 5.91 Å². The zero-order chi connectivity index (χ0) is 19.9. The molecule has 1 heterocycles. The Labute approximate surface area is 169 Å². The molecule has 0 radical (unpaired) electrons. The van der Waals surface area contributed by atoms with Crippen molar-refractivity contribution in [2.24, 2.45) is 0 Å². The molecule has 5 nitrogen and oxygen atoms in total. The van der Waals surface area contributed by atoms with E-state index in [0.29, 0.717) is 13.1 Å². The molecule has 0 bridgehead atoms. The van der Waals surface area contributed by atoms with Crippen molar-refractivity contribution in [3.63, 3.8) is 0 Å². The van der Waals surface area contributed by atoms with Crippen molar-refractivity contribution >= 4 is 23.4 Å². The zero-order valence-electron chi connectivity index (χ0n) is 15.5. The van der Waals surface area contributed by atoms with Gasteiger partial charge < -0.3 is 10.2 Å². The van der Waals surface area contributed by atoms with E-state index in [1.807, 2.05) is 23.1 Å². The predicted molar refractivity (Wildman–Crippen MR) is 107 cm³/mol. The maximum atomic E-state index is 13.1. The summed E-state index contributed by atoms with van der Waals surface area (Å²) in [5.74, 6) is -0.890. The van der Waals surface area contributed by atoms with Crippen molar-refractivity contribution in [2.75, 3.05) is 32.7 Å². The van der Waals surface area contributed by atoms with Gasteiger partial charge in [-0.25, -0.2) is 4.39 Å². The molecule has 2 aromatic carbocycles. The summed E-state index contributed by atoms with van der Waals surface area (Å²) >= 11 is 5.88. The summed E-state index contributed by atoms with van der Waals surface area (Å²) in [7, 11) is 0. The van der Waals surface area contributed by atoms with Crippen LogP contribution in [0.25, 0.3) is 0 Å². The molecule has 0 spiro atoms. The average molecular weight is 404 g/mol. The molecule has 1 aliphatic rings. The molecule has 3 rings (SSSR count). The summed E-state index contributed by atoms with van der Waals surface area (Å²) in [6.45, 7) is 4.14. The number of hydrogen-bond acceptors (Lipinski definition) is 3. The molecular formula is C21H23ClFN3O2. The molecule has 2 amide bonds. The third-order valence-electron chi connectivity index (χ3n) is 4.77. The second kappa shape index (κ2) is 9.66. The minimum absolute atomic E-state index is 0.0184.